The summed E-state index contributed by atoms with van der Waals surface area (Å²) in [6.07, 6.45) is 9.72. The fourth-order valence-electron chi connectivity index (χ4n) is 6.13. The Morgan fingerprint density at radius 1 is 1.11 bits per heavy atom. The van der Waals surface area contributed by atoms with E-state index in [2.05, 4.69) is 29.2 Å². The molecule has 0 fully saturated rings. The number of halogens is 1. The van der Waals surface area contributed by atoms with Crippen LogP contribution in [0, 0.1) is 5.92 Å². The van der Waals surface area contributed by atoms with Crippen molar-refractivity contribution in [3.63, 3.8) is 0 Å². The quantitative estimate of drug-likeness (QED) is 0.465. The summed E-state index contributed by atoms with van der Waals surface area (Å²) >= 11 is 6.36. The Balaban J connectivity index is 1.54. The Labute approximate surface area is 219 Å². The number of amides is 1. The van der Waals surface area contributed by atoms with E-state index >= 15 is 0 Å². The molecule has 1 N–H and O–H groups in total. The number of aliphatic hydroxyl groups excluding tert-OH is 1. The fraction of sp³-hybridized carbons (Fsp3) is 0.500. The molecule has 2 heterocycles. The summed E-state index contributed by atoms with van der Waals surface area (Å²) < 4.78 is 6.53. The smallest absolute Gasteiger partial charge is 0.228 e. The van der Waals surface area contributed by atoms with Crippen molar-refractivity contribution >= 4 is 23.2 Å². The fourth-order valence-corrected chi connectivity index (χ4v) is 6.32. The Morgan fingerprint density at radius 2 is 1.97 bits per heavy atom. The number of anilines is 1. The van der Waals surface area contributed by atoms with Crippen molar-refractivity contribution in [1.29, 1.82) is 0 Å². The van der Waals surface area contributed by atoms with Crippen LogP contribution in [0.25, 0.3) is 0 Å². The highest BCUT2D eigenvalue weighted by Gasteiger charge is 2.41. The van der Waals surface area contributed by atoms with Crippen LogP contribution >= 0.6 is 11.6 Å². The number of fused-ring (bicyclic) bond motifs is 3. The van der Waals surface area contributed by atoms with Crippen LogP contribution in [0.1, 0.15) is 61.8 Å². The number of hydrogen-bond acceptors (Lipinski definition) is 4. The number of carbonyl (C=O) groups excluding carboxylic acids is 1. The van der Waals surface area contributed by atoms with Gasteiger partial charge in [-0.25, -0.2) is 0 Å². The van der Waals surface area contributed by atoms with E-state index in [1.807, 2.05) is 31.2 Å². The maximum absolute atomic E-state index is 13.0. The first-order valence-electron chi connectivity index (χ1n) is 13.3. The van der Waals surface area contributed by atoms with Gasteiger partial charge in [-0.3, -0.25) is 4.79 Å². The third-order valence-electron chi connectivity index (χ3n) is 8.24. The SMILES string of the molecule is C[C@@H]1C(=O)N(C)C/C=C/CCCCN2C[C@@]3(CCCc4cc(Cl)ccc43)COc3ccc(cc32)[C@H]1O. The Kier molecular flexibility index (Phi) is 7.32. The van der Waals surface area contributed by atoms with Gasteiger partial charge in [-0.15, -0.1) is 0 Å². The molecular formula is C30H37ClN2O3. The van der Waals surface area contributed by atoms with Crippen LogP contribution in [0.5, 0.6) is 5.75 Å². The van der Waals surface area contributed by atoms with Gasteiger partial charge < -0.3 is 19.6 Å². The molecule has 5 nitrogen and oxygen atoms in total. The number of benzene rings is 2. The molecule has 1 amide bonds. The van der Waals surface area contributed by atoms with Crippen molar-refractivity contribution in [1.82, 2.24) is 4.90 Å². The number of nitrogens with zero attached hydrogens (tertiary/aromatic N) is 2. The minimum Gasteiger partial charge on any atom is -0.490 e. The largest absolute Gasteiger partial charge is 0.490 e. The Morgan fingerprint density at radius 3 is 2.83 bits per heavy atom. The van der Waals surface area contributed by atoms with Gasteiger partial charge in [0, 0.05) is 37.1 Å². The van der Waals surface area contributed by atoms with Gasteiger partial charge in [-0.05, 0) is 79.5 Å². The molecule has 192 valence electrons. The highest BCUT2D eigenvalue weighted by molar-refractivity contribution is 6.30. The van der Waals surface area contributed by atoms with Crippen molar-refractivity contribution in [3.05, 3.63) is 70.3 Å². The topological polar surface area (TPSA) is 53.0 Å². The summed E-state index contributed by atoms with van der Waals surface area (Å²) in [4.78, 5) is 17.1. The summed E-state index contributed by atoms with van der Waals surface area (Å²) in [6, 6.07) is 12.3. The van der Waals surface area contributed by atoms with Gasteiger partial charge in [0.05, 0.1) is 24.3 Å². The monoisotopic (exact) mass is 508 g/mol. The Bertz CT molecular complexity index is 1150. The number of aryl methyl sites for hydroxylation is 1. The van der Waals surface area contributed by atoms with E-state index in [-0.39, 0.29) is 11.3 Å². The predicted molar refractivity (Wildman–Crippen MR) is 145 cm³/mol. The highest BCUT2D eigenvalue weighted by Crippen LogP contribution is 2.45. The first kappa shape index (κ1) is 25.2. The van der Waals surface area contributed by atoms with Crippen LogP contribution in [-0.2, 0) is 16.6 Å². The molecule has 36 heavy (non-hydrogen) atoms. The molecule has 5 rings (SSSR count). The van der Waals surface area contributed by atoms with E-state index in [4.69, 9.17) is 16.3 Å². The van der Waals surface area contributed by atoms with Crippen molar-refractivity contribution in [3.8, 4) is 5.75 Å². The average Bonchev–Trinajstić information content (AvgIpc) is 3.03. The summed E-state index contributed by atoms with van der Waals surface area (Å²) in [5, 5.41) is 12.0. The molecule has 0 radical (unpaired) electrons. The van der Waals surface area contributed by atoms with Gasteiger partial charge in [-0.2, -0.15) is 0 Å². The lowest BCUT2D eigenvalue weighted by Gasteiger charge is -2.41. The van der Waals surface area contributed by atoms with Crippen LogP contribution in [0.3, 0.4) is 0 Å². The second-order valence-corrected chi connectivity index (χ2v) is 11.2. The second-order valence-electron chi connectivity index (χ2n) is 10.8. The molecule has 0 saturated heterocycles. The number of likely N-dealkylation sites (N-methyl/N-ethyl adjacent to an activating group) is 1. The van der Waals surface area contributed by atoms with E-state index < -0.39 is 12.0 Å². The molecule has 0 aromatic heterocycles. The number of aliphatic hydroxyl groups is 1. The maximum Gasteiger partial charge on any atom is 0.228 e. The molecule has 0 unspecified atom stereocenters. The molecule has 2 aromatic rings. The van der Waals surface area contributed by atoms with Crippen LogP contribution in [-0.4, -0.2) is 49.2 Å². The Hall–Kier alpha value is -2.50. The molecule has 1 spiro atoms. The highest BCUT2D eigenvalue weighted by atomic mass is 35.5. The summed E-state index contributed by atoms with van der Waals surface area (Å²) in [7, 11) is 1.80. The lowest BCUT2D eigenvalue weighted by molar-refractivity contribution is -0.136. The van der Waals surface area contributed by atoms with Crippen molar-refractivity contribution in [2.75, 3.05) is 38.2 Å². The molecule has 3 atom stereocenters. The van der Waals surface area contributed by atoms with Crippen molar-refractivity contribution in [2.24, 2.45) is 5.92 Å². The molecule has 6 heteroatoms. The van der Waals surface area contributed by atoms with E-state index in [1.165, 1.54) is 11.1 Å². The predicted octanol–water partition coefficient (Wildman–Crippen LogP) is 5.68. The minimum atomic E-state index is -0.879. The lowest BCUT2D eigenvalue weighted by atomic mass is 9.70. The van der Waals surface area contributed by atoms with E-state index in [0.29, 0.717) is 13.2 Å². The number of carbonyl (C=O) groups is 1. The molecule has 2 bridgehead atoms. The zero-order valence-electron chi connectivity index (χ0n) is 21.4. The van der Waals surface area contributed by atoms with Crippen LogP contribution < -0.4 is 9.64 Å². The van der Waals surface area contributed by atoms with E-state index in [9.17, 15) is 9.90 Å². The summed E-state index contributed by atoms with van der Waals surface area (Å²) in [5.74, 6) is 0.263. The van der Waals surface area contributed by atoms with Gasteiger partial charge in [0.2, 0.25) is 5.91 Å². The van der Waals surface area contributed by atoms with Crippen LogP contribution in [0.2, 0.25) is 5.02 Å². The number of ether oxygens (including phenoxy) is 1. The molecular weight excluding hydrogens is 472 g/mol. The van der Waals surface area contributed by atoms with Gasteiger partial charge >= 0.3 is 0 Å². The zero-order valence-corrected chi connectivity index (χ0v) is 22.1. The van der Waals surface area contributed by atoms with Crippen molar-refractivity contribution < 1.29 is 14.6 Å². The third kappa shape index (κ3) is 4.88. The standard InChI is InChI=1S/C30H37ClN2O3/c1-21-28(34)23-10-13-27-26(18-23)33(16-7-5-3-4-6-15-32(2)29(21)35)19-30(20-36-27)14-8-9-22-17-24(31)11-12-25(22)30/h4,6,10-13,17-18,21,28,34H,3,5,7-9,14-16,19-20H2,1-2H3/b6-4+/t21-,28-,30-/m0/s1. The number of allylic oxidation sites excluding steroid dienone is 1. The third-order valence-corrected chi connectivity index (χ3v) is 8.47. The van der Waals surface area contributed by atoms with Crippen molar-refractivity contribution in [2.45, 2.75) is 57.0 Å². The molecule has 2 aliphatic heterocycles. The van der Waals surface area contributed by atoms with Gasteiger partial charge in [0.25, 0.3) is 0 Å². The van der Waals surface area contributed by atoms with Gasteiger partial charge in [0.15, 0.2) is 0 Å². The molecule has 3 aliphatic rings. The van der Waals surface area contributed by atoms with Gasteiger partial charge in [-0.1, -0.05) is 42.8 Å². The first-order valence-corrected chi connectivity index (χ1v) is 13.6. The van der Waals surface area contributed by atoms with E-state index in [1.54, 1.807) is 11.9 Å². The summed E-state index contributed by atoms with van der Waals surface area (Å²) in [5.41, 5.74) is 4.36. The molecule has 2 aromatic carbocycles. The first-order chi connectivity index (χ1) is 17.4. The van der Waals surface area contributed by atoms with Crippen LogP contribution in [0.4, 0.5) is 5.69 Å². The van der Waals surface area contributed by atoms with Gasteiger partial charge in [0.1, 0.15) is 5.75 Å². The summed E-state index contributed by atoms with van der Waals surface area (Å²) in [6.45, 7) is 4.77. The number of rotatable bonds is 0. The zero-order chi connectivity index (χ0) is 25.3. The van der Waals surface area contributed by atoms with Crippen LogP contribution in [0.15, 0.2) is 48.6 Å². The number of hydrogen-bond donors (Lipinski definition) is 1. The second kappa shape index (κ2) is 10.5. The molecule has 1 aliphatic carbocycles. The molecule has 0 saturated carbocycles. The lowest BCUT2D eigenvalue weighted by Crippen LogP contribution is -2.46. The minimum absolute atomic E-state index is 0.0542. The average molecular weight is 509 g/mol. The maximum atomic E-state index is 13.0. The van der Waals surface area contributed by atoms with E-state index in [0.717, 1.165) is 73.6 Å². The normalized spacial score (nSPS) is 27.9.